The highest BCUT2D eigenvalue weighted by atomic mass is 16.5. The van der Waals surface area contributed by atoms with Gasteiger partial charge in [0.2, 0.25) is 0 Å². The Morgan fingerprint density at radius 1 is 1.54 bits per heavy atom. The van der Waals surface area contributed by atoms with E-state index in [1.165, 1.54) is 12.8 Å². The van der Waals surface area contributed by atoms with Crippen molar-refractivity contribution in [2.24, 2.45) is 0 Å². The predicted molar refractivity (Wildman–Crippen MR) is 58.0 cm³/mol. The molecule has 78 valence electrons. The minimum atomic E-state index is 0.610. The molecule has 0 rings (SSSR count). The largest absolute Gasteiger partial charge is 0.376 e. The van der Waals surface area contributed by atoms with Crippen molar-refractivity contribution < 1.29 is 4.74 Å². The second-order valence-corrected chi connectivity index (χ2v) is 3.65. The Kier molecular flexibility index (Phi) is 8.05. The first-order valence-electron chi connectivity index (χ1n) is 5.12. The van der Waals surface area contributed by atoms with Crippen LogP contribution < -0.4 is 5.32 Å². The number of hydrogen-bond acceptors (Lipinski definition) is 2. The molecule has 2 heteroatoms. The van der Waals surface area contributed by atoms with Gasteiger partial charge in [0.25, 0.3) is 0 Å². The van der Waals surface area contributed by atoms with Crippen LogP contribution in [0.25, 0.3) is 0 Å². The van der Waals surface area contributed by atoms with Crippen LogP contribution in [0.1, 0.15) is 33.6 Å². The first kappa shape index (κ1) is 12.7. The molecule has 0 aromatic rings. The summed E-state index contributed by atoms with van der Waals surface area (Å²) in [6, 6.07) is 0.610. The molecule has 0 bridgehead atoms. The van der Waals surface area contributed by atoms with Crippen molar-refractivity contribution in [1.82, 2.24) is 5.32 Å². The van der Waals surface area contributed by atoms with Crippen LogP contribution in [0.2, 0.25) is 0 Å². The van der Waals surface area contributed by atoms with Crippen LogP contribution in [-0.4, -0.2) is 25.8 Å². The molecule has 0 radical (unpaired) electrons. The molecule has 0 spiro atoms. The van der Waals surface area contributed by atoms with E-state index in [9.17, 15) is 0 Å². The van der Waals surface area contributed by atoms with E-state index in [1.54, 1.807) is 0 Å². The van der Waals surface area contributed by atoms with Crippen molar-refractivity contribution in [3.05, 3.63) is 12.2 Å². The molecule has 1 unspecified atom stereocenters. The van der Waals surface area contributed by atoms with Gasteiger partial charge in [0.15, 0.2) is 0 Å². The Bertz CT molecular complexity index is 134. The van der Waals surface area contributed by atoms with Crippen molar-refractivity contribution in [3.63, 3.8) is 0 Å². The molecule has 2 nitrogen and oxygen atoms in total. The Morgan fingerprint density at radius 2 is 2.23 bits per heavy atom. The molecule has 0 aliphatic carbocycles. The molecule has 0 fully saturated rings. The quantitative estimate of drug-likeness (QED) is 0.463. The fraction of sp³-hybridized carbons (Fsp3) is 0.818. The molecule has 0 aromatic carbocycles. The Balaban J connectivity index is 3.11. The van der Waals surface area contributed by atoms with Gasteiger partial charge in [-0.25, -0.2) is 0 Å². The summed E-state index contributed by atoms with van der Waals surface area (Å²) in [5.41, 5.74) is 1.08. The summed E-state index contributed by atoms with van der Waals surface area (Å²) >= 11 is 0. The average molecular weight is 185 g/mol. The van der Waals surface area contributed by atoms with Crippen molar-refractivity contribution >= 4 is 0 Å². The van der Waals surface area contributed by atoms with Crippen LogP contribution in [0.5, 0.6) is 0 Å². The van der Waals surface area contributed by atoms with E-state index < -0.39 is 0 Å². The summed E-state index contributed by atoms with van der Waals surface area (Å²) in [6.45, 7) is 12.6. The third kappa shape index (κ3) is 9.57. The molecule has 0 saturated heterocycles. The van der Waals surface area contributed by atoms with Crippen LogP contribution in [0, 0.1) is 0 Å². The monoisotopic (exact) mass is 185 g/mol. The maximum absolute atomic E-state index is 5.36. The highest BCUT2D eigenvalue weighted by molar-refractivity contribution is 4.87. The van der Waals surface area contributed by atoms with Gasteiger partial charge in [0, 0.05) is 12.6 Å². The molecular weight excluding hydrogens is 162 g/mol. The molecule has 0 aromatic heterocycles. The third-order valence-electron chi connectivity index (χ3n) is 1.81. The SMILES string of the molecule is C=C(C)COCCNC(C)CCC. The standard InChI is InChI=1S/C11H23NO/c1-5-6-11(4)12-7-8-13-9-10(2)3/h11-12H,2,5-9H2,1,3-4H3. The first-order valence-corrected chi connectivity index (χ1v) is 5.12. The molecular formula is C11H23NO. The summed E-state index contributed by atoms with van der Waals surface area (Å²) < 4.78 is 5.36. The Morgan fingerprint density at radius 3 is 2.77 bits per heavy atom. The van der Waals surface area contributed by atoms with Gasteiger partial charge in [-0.2, -0.15) is 0 Å². The van der Waals surface area contributed by atoms with Crippen LogP contribution >= 0.6 is 0 Å². The Hall–Kier alpha value is -0.340. The second kappa shape index (κ2) is 8.27. The lowest BCUT2D eigenvalue weighted by Gasteiger charge is -2.12. The molecule has 0 aliphatic rings. The number of nitrogens with one attached hydrogen (secondary N) is 1. The molecule has 0 saturated carbocycles. The van der Waals surface area contributed by atoms with Gasteiger partial charge in [-0.05, 0) is 20.3 Å². The average Bonchev–Trinajstić information content (AvgIpc) is 2.03. The van der Waals surface area contributed by atoms with Gasteiger partial charge in [-0.15, -0.1) is 0 Å². The van der Waals surface area contributed by atoms with Crippen LogP contribution in [0.15, 0.2) is 12.2 Å². The van der Waals surface area contributed by atoms with Crippen molar-refractivity contribution in [2.45, 2.75) is 39.7 Å². The molecule has 0 amide bonds. The molecule has 1 N–H and O–H groups in total. The van der Waals surface area contributed by atoms with E-state index in [2.05, 4.69) is 25.7 Å². The van der Waals surface area contributed by atoms with Crippen molar-refractivity contribution in [3.8, 4) is 0 Å². The van der Waals surface area contributed by atoms with Crippen LogP contribution in [-0.2, 0) is 4.74 Å². The molecule has 0 aliphatic heterocycles. The smallest absolute Gasteiger partial charge is 0.0672 e. The molecule has 13 heavy (non-hydrogen) atoms. The summed E-state index contributed by atoms with van der Waals surface area (Å²) in [5.74, 6) is 0. The van der Waals surface area contributed by atoms with Gasteiger partial charge in [0.05, 0.1) is 13.2 Å². The van der Waals surface area contributed by atoms with Gasteiger partial charge in [0.1, 0.15) is 0 Å². The lowest BCUT2D eigenvalue weighted by atomic mass is 10.2. The fourth-order valence-electron chi connectivity index (χ4n) is 1.16. The van der Waals surface area contributed by atoms with Gasteiger partial charge in [-0.3, -0.25) is 0 Å². The highest BCUT2D eigenvalue weighted by Crippen LogP contribution is 1.94. The van der Waals surface area contributed by atoms with E-state index in [1.807, 2.05) is 6.92 Å². The molecule has 1 atom stereocenters. The lowest BCUT2D eigenvalue weighted by Crippen LogP contribution is -2.29. The topological polar surface area (TPSA) is 21.3 Å². The van der Waals surface area contributed by atoms with E-state index >= 15 is 0 Å². The summed E-state index contributed by atoms with van der Waals surface area (Å²) in [4.78, 5) is 0. The predicted octanol–water partition coefficient (Wildman–Crippen LogP) is 2.36. The maximum Gasteiger partial charge on any atom is 0.0672 e. The lowest BCUT2D eigenvalue weighted by molar-refractivity contribution is 0.155. The zero-order chi connectivity index (χ0) is 10.1. The van der Waals surface area contributed by atoms with Crippen molar-refractivity contribution in [1.29, 1.82) is 0 Å². The summed E-state index contributed by atoms with van der Waals surface area (Å²) in [7, 11) is 0. The third-order valence-corrected chi connectivity index (χ3v) is 1.81. The minimum Gasteiger partial charge on any atom is -0.376 e. The Labute approximate surface area is 82.4 Å². The van der Waals surface area contributed by atoms with E-state index in [0.29, 0.717) is 12.6 Å². The summed E-state index contributed by atoms with van der Waals surface area (Å²) in [5, 5.41) is 3.40. The number of hydrogen-bond donors (Lipinski definition) is 1. The highest BCUT2D eigenvalue weighted by Gasteiger charge is 1.97. The fourth-order valence-corrected chi connectivity index (χ4v) is 1.16. The zero-order valence-electron chi connectivity index (χ0n) is 9.23. The van der Waals surface area contributed by atoms with E-state index in [0.717, 1.165) is 18.7 Å². The second-order valence-electron chi connectivity index (χ2n) is 3.65. The van der Waals surface area contributed by atoms with Crippen LogP contribution in [0.3, 0.4) is 0 Å². The maximum atomic E-state index is 5.36. The van der Waals surface area contributed by atoms with Gasteiger partial charge < -0.3 is 10.1 Å². The first-order chi connectivity index (χ1) is 6.16. The minimum absolute atomic E-state index is 0.610. The van der Waals surface area contributed by atoms with E-state index in [-0.39, 0.29) is 0 Å². The van der Waals surface area contributed by atoms with Gasteiger partial charge >= 0.3 is 0 Å². The van der Waals surface area contributed by atoms with Crippen LogP contribution in [0.4, 0.5) is 0 Å². The van der Waals surface area contributed by atoms with Gasteiger partial charge in [-0.1, -0.05) is 25.5 Å². The van der Waals surface area contributed by atoms with Crippen molar-refractivity contribution in [2.75, 3.05) is 19.8 Å². The number of ether oxygens (including phenoxy) is 1. The summed E-state index contributed by atoms with van der Waals surface area (Å²) in [6.07, 6.45) is 2.47. The molecule has 0 heterocycles. The normalized spacial score (nSPS) is 12.8. The number of rotatable bonds is 8. The van der Waals surface area contributed by atoms with E-state index in [4.69, 9.17) is 4.74 Å². The zero-order valence-corrected chi connectivity index (χ0v) is 9.23.